The summed E-state index contributed by atoms with van der Waals surface area (Å²) in [6.07, 6.45) is 8.57. The number of hydrogen-bond acceptors (Lipinski definition) is 4. The monoisotopic (exact) mass is 361 g/mol. The maximum absolute atomic E-state index is 12.9. The van der Waals surface area contributed by atoms with Crippen LogP contribution in [0, 0.1) is 0 Å². The molecular weight excluding hydrogens is 338 g/mol. The van der Waals surface area contributed by atoms with Gasteiger partial charge in [0.2, 0.25) is 15.9 Å². The molecule has 1 aliphatic carbocycles. The first-order valence-corrected chi connectivity index (χ1v) is 10.0. The van der Waals surface area contributed by atoms with Gasteiger partial charge in [0.15, 0.2) is 0 Å². The number of pyridine rings is 1. The zero-order valence-electron chi connectivity index (χ0n) is 14.3. The largest absolute Gasteiger partial charge is 0.352 e. The molecule has 2 aromatic rings. The van der Waals surface area contributed by atoms with E-state index in [1.165, 1.54) is 13.5 Å². The number of aromatic nitrogens is 1. The van der Waals surface area contributed by atoms with Gasteiger partial charge >= 0.3 is 0 Å². The average molecular weight is 361 g/mol. The second-order valence-electron chi connectivity index (χ2n) is 6.52. The van der Waals surface area contributed by atoms with E-state index in [0.29, 0.717) is 5.39 Å². The topological polar surface area (TPSA) is 79.4 Å². The van der Waals surface area contributed by atoms with E-state index in [9.17, 15) is 13.2 Å². The number of fused-ring (bicyclic) bond motifs is 1. The van der Waals surface area contributed by atoms with Crippen LogP contribution in [0.4, 0.5) is 0 Å². The number of amides is 1. The second-order valence-corrected chi connectivity index (χ2v) is 8.53. The summed E-state index contributed by atoms with van der Waals surface area (Å²) in [7, 11) is -2.32. The Hall–Kier alpha value is -1.99. The lowest BCUT2D eigenvalue weighted by molar-refractivity contribution is -0.122. The molecule has 0 bridgehead atoms. The summed E-state index contributed by atoms with van der Waals surface area (Å²) in [5.74, 6) is -0.250. The zero-order chi connectivity index (χ0) is 17.9. The van der Waals surface area contributed by atoms with Gasteiger partial charge in [-0.25, -0.2) is 8.42 Å². The fourth-order valence-corrected chi connectivity index (χ4v) is 4.63. The fourth-order valence-electron chi connectivity index (χ4n) is 3.29. The minimum Gasteiger partial charge on any atom is -0.352 e. The van der Waals surface area contributed by atoms with Crippen molar-refractivity contribution in [1.29, 1.82) is 0 Å². The summed E-state index contributed by atoms with van der Waals surface area (Å²) in [4.78, 5) is 16.5. The number of hydrogen-bond donors (Lipinski definition) is 1. The lowest BCUT2D eigenvalue weighted by Crippen LogP contribution is -2.43. The molecule has 0 atom stereocenters. The van der Waals surface area contributed by atoms with Gasteiger partial charge in [-0.1, -0.05) is 31.4 Å². The standard InChI is InChI=1S/C18H23N3O3S/c1-21(13-18(22)20-15-7-3-2-4-8-15)25(23,24)17-9-5-6-14-12-19-11-10-16(14)17/h5-6,9-12,15H,2-4,7-8,13H2,1H3,(H,20,22). The molecule has 1 heterocycles. The number of carbonyl (C=O) groups is 1. The molecule has 6 nitrogen and oxygen atoms in total. The Morgan fingerprint density at radius 3 is 2.76 bits per heavy atom. The highest BCUT2D eigenvalue weighted by Gasteiger charge is 2.26. The number of carbonyl (C=O) groups excluding carboxylic acids is 1. The van der Waals surface area contributed by atoms with Crippen molar-refractivity contribution in [3.8, 4) is 0 Å². The van der Waals surface area contributed by atoms with Crippen molar-refractivity contribution >= 4 is 26.7 Å². The summed E-state index contributed by atoms with van der Waals surface area (Å²) in [5.41, 5.74) is 0. The van der Waals surface area contributed by atoms with Crippen LogP contribution in [-0.2, 0) is 14.8 Å². The molecule has 1 aromatic carbocycles. The van der Waals surface area contributed by atoms with E-state index in [2.05, 4.69) is 10.3 Å². The van der Waals surface area contributed by atoms with Crippen LogP contribution < -0.4 is 5.32 Å². The predicted octanol–water partition coefficient (Wildman–Crippen LogP) is 2.30. The third-order valence-corrected chi connectivity index (χ3v) is 6.53. The van der Waals surface area contributed by atoms with Crippen LogP contribution in [0.25, 0.3) is 10.8 Å². The van der Waals surface area contributed by atoms with Gasteiger partial charge in [-0.3, -0.25) is 9.78 Å². The van der Waals surface area contributed by atoms with E-state index in [1.807, 2.05) is 6.07 Å². The van der Waals surface area contributed by atoms with Gasteiger partial charge in [-0.2, -0.15) is 4.31 Å². The summed E-state index contributed by atoms with van der Waals surface area (Å²) in [5, 5.41) is 4.32. The summed E-state index contributed by atoms with van der Waals surface area (Å²) < 4.78 is 26.9. The van der Waals surface area contributed by atoms with Gasteiger partial charge in [0, 0.05) is 36.3 Å². The molecule has 7 heteroatoms. The molecule has 134 valence electrons. The molecule has 1 saturated carbocycles. The number of benzene rings is 1. The highest BCUT2D eigenvalue weighted by molar-refractivity contribution is 7.89. The number of sulfonamides is 1. The smallest absolute Gasteiger partial charge is 0.243 e. The second kappa shape index (κ2) is 7.49. The Morgan fingerprint density at radius 2 is 2.00 bits per heavy atom. The highest BCUT2D eigenvalue weighted by Crippen LogP contribution is 2.24. The summed E-state index contributed by atoms with van der Waals surface area (Å²) in [6, 6.07) is 6.91. The van der Waals surface area contributed by atoms with Crippen molar-refractivity contribution in [1.82, 2.24) is 14.6 Å². The number of likely N-dealkylation sites (N-methyl/N-ethyl adjacent to an activating group) is 1. The van der Waals surface area contributed by atoms with Gasteiger partial charge in [-0.05, 0) is 25.0 Å². The van der Waals surface area contributed by atoms with Gasteiger partial charge < -0.3 is 5.32 Å². The van der Waals surface area contributed by atoms with E-state index >= 15 is 0 Å². The minimum atomic E-state index is -3.76. The van der Waals surface area contributed by atoms with Gasteiger partial charge in [0.1, 0.15) is 0 Å². The lowest BCUT2D eigenvalue weighted by atomic mass is 9.95. The first-order valence-electron chi connectivity index (χ1n) is 8.57. The molecule has 0 spiro atoms. The quantitative estimate of drug-likeness (QED) is 0.886. The average Bonchev–Trinajstić information content (AvgIpc) is 2.61. The Balaban J connectivity index is 1.75. The molecule has 1 aromatic heterocycles. The van der Waals surface area contributed by atoms with E-state index < -0.39 is 10.0 Å². The van der Waals surface area contributed by atoms with Crippen molar-refractivity contribution in [2.24, 2.45) is 0 Å². The number of nitrogens with zero attached hydrogens (tertiary/aromatic N) is 2. The van der Waals surface area contributed by atoms with Gasteiger partial charge in [0.25, 0.3) is 0 Å². The Morgan fingerprint density at radius 1 is 1.24 bits per heavy atom. The maximum atomic E-state index is 12.9. The van der Waals surface area contributed by atoms with E-state index in [1.54, 1.807) is 30.6 Å². The molecule has 1 fully saturated rings. The van der Waals surface area contributed by atoms with E-state index in [4.69, 9.17) is 0 Å². The third kappa shape index (κ3) is 3.99. The van der Waals surface area contributed by atoms with E-state index in [0.717, 1.165) is 35.4 Å². The number of rotatable bonds is 5. The predicted molar refractivity (Wildman–Crippen MR) is 96.6 cm³/mol. The fraction of sp³-hybridized carbons (Fsp3) is 0.444. The van der Waals surface area contributed by atoms with Crippen molar-refractivity contribution in [3.63, 3.8) is 0 Å². The molecule has 1 amide bonds. The molecule has 1 aliphatic rings. The third-order valence-electron chi connectivity index (χ3n) is 4.67. The molecule has 0 aliphatic heterocycles. The number of nitrogens with one attached hydrogen (secondary N) is 1. The molecular formula is C18H23N3O3S. The van der Waals surface area contributed by atoms with Crippen LogP contribution in [0.5, 0.6) is 0 Å². The highest BCUT2D eigenvalue weighted by atomic mass is 32.2. The van der Waals surface area contributed by atoms with Crippen LogP contribution in [0.2, 0.25) is 0 Å². The molecule has 0 radical (unpaired) electrons. The zero-order valence-corrected chi connectivity index (χ0v) is 15.1. The van der Waals surface area contributed by atoms with Crippen LogP contribution in [0.1, 0.15) is 32.1 Å². The van der Waals surface area contributed by atoms with Crippen molar-refractivity contribution in [2.45, 2.75) is 43.0 Å². The van der Waals surface area contributed by atoms with Crippen LogP contribution in [0.3, 0.4) is 0 Å². The van der Waals surface area contributed by atoms with E-state index in [-0.39, 0.29) is 23.4 Å². The van der Waals surface area contributed by atoms with Crippen LogP contribution in [-0.4, -0.2) is 43.2 Å². The lowest BCUT2D eigenvalue weighted by Gasteiger charge is -2.24. The first-order chi connectivity index (χ1) is 12.0. The minimum absolute atomic E-state index is 0.168. The Bertz CT molecular complexity index is 856. The van der Waals surface area contributed by atoms with Crippen molar-refractivity contribution < 1.29 is 13.2 Å². The maximum Gasteiger partial charge on any atom is 0.243 e. The molecule has 25 heavy (non-hydrogen) atoms. The van der Waals surface area contributed by atoms with Gasteiger partial charge in [-0.15, -0.1) is 0 Å². The molecule has 1 N–H and O–H groups in total. The Kier molecular flexibility index (Phi) is 5.34. The first kappa shape index (κ1) is 17.8. The summed E-state index contributed by atoms with van der Waals surface area (Å²) in [6.45, 7) is -0.180. The van der Waals surface area contributed by atoms with Crippen LogP contribution >= 0.6 is 0 Å². The van der Waals surface area contributed by atoms with Crippen molar-refractivity contribution in [3.05, 3.63) is 36.7 Å². The molecule has 0 unspecified atom stereocenters. The normalized spacial score (nSPS) is 16.2. The Labute approximate surface area is 148 Å². The van der Waals surface area contributed by atoms with Crippen LogP contribution in [0.15, 0.2) is 41.6 Å². The van der Waals surface area contributed by atoms with Gasteiger partial charge in [0.05, 0.1) is 11.4 Å². The SMILES string of the molecule is CN(CC(=O)NC1CCCCC1)S(=O)(=O)c1cccc2cnccc12. The molecule has 0 saturated heterocycles. The molecule has 3 rings (SSSR count). The van der Waals surface area contributed by atoms with Crippen molar-refractivity contribution in [2.75, 3.05) is 13.6 Å². The summed E-state index contributed by atoms with van der Waals surface area (Å²) >= 11 is 0.